The number of carbonyl (C=O) groups excluding carboxylic acids is 3. The minimum absolute atomic E-state index is 0.0686. The fourth-order valence-electron chi connectivity index (χ4n) is 3.01. The number of methoxy groups -OCH3 is 2. The third-order valence-electron chi connectivity index (χ3n) is 4.34. The number of carbonyl (C=O) groups is 3. The molecule has 7 heteroatoms. The lowest BCUT2D eigenvalue weighted by Gasteiger charge is -2.29. The molecule has 1 atom stereocenters. The van der Waals surface area contributed by atoms with Crippen molar-refractivity contribution in [1.29, 1.82) is 0 Å². The number of ether oxygens (including phenoxy) is 2. The zero-order valence-electron chi connectivity index (χ0n) is 14.7. The number of halogens is 1. The summed E-state index contributed by atoms with van der Waals surface area (Å²) in [5, 5.41) is 0. The average molecular weight is 369 g/mol. The number of hydrogen-bond acceptors (Lipinski definition) is 5. The topological polar surface area (TPSA) is 72.9 Å². The van der Waals surface area contributed by atoms with Gasteiger partial charge in [0.15, 0.2) is 0 Å². The van der Waals surface area contributed by atoms with E-state index in [4.69, 9.17) is 9.47 Å². The second kappa shape index (κ2) is 7.03. The van der Waals surface area contributed by atoms with Gasteiger partial charge in [0.1, 0.15) is 11.6 Å². The molecule has 6 nitrogen and oxygen atoms in total. The number of ketones is 1. The highest BCUT2D eigenvalue weighted by molar-refractivity contribution is 6.52. The first kappa shape index (κ1) is 18.3. The maximum atomic E-state index is 13.4. The van der Waals surface area contributed by atoms with Gasteiger partial charge in [-0.2, -0.15) is 0 Å². The van der Waals surface area contributed by atoms with Crippen molar-refractivity contribution >= 4 is 23.3 Å². The van der Waals surface area contributed by atoms with Crippen LogP contribution in [0.5, 0.6) is 5.75 Å². The van der Waals surface area contributed by atoms with Crippen LogP contribution < -0.4 is 9.64 Å². The first-order valence-corrected chi connectivity index (χ1v) is 7.97. The van der Waals surface area contributed by atoms with Crippen LogP contribution in [0, 0.1) is 5.82 Å². The van der Waals surface area contributed by atoms with Crippen molar-refractivity contribution in [2.75, 3.05) is 19.1 Å². The highest BCUT2D eigenvalue weighted by atomic mass is 19.1. The number of amides is 1. The molecule has 0 saturated carbocycles. The van der Waals surface area contributed by atoms with Crippen LogP contribution in [0.25, 0.3) is 0 Å². The van der Waals surface area contributed by atoms with E-state index < -0.39 is 29.5 Å². The molecule has 0 unspecified atom stereocenters. The fourth-order valence-corrected chi connectivity index (χ4v) is 3.01. The molecule has 1 heterocycles. The van der Waals surface area contributed by atoms with E-state index in [1.54, 1.807) is 6.07 Å². The van der Waals surface area contributed by atoms with Gasteiger partial charge in [-0.15, -0.1) is 0 Å². The Hall–Kier alpha value is -3.48. The predicted octanol–water partition coefficient (Wildman–Crippen LogP) is 2.83. The Morgan fingerprint density at radius 3 is 2.37 bits per heavy atom. The Kier molecular flexibility index (Phi) is 4.77. The molecule has 0 bridgehead atoms. The molecular formula is C20H16FNO5. The minimum Gasteiger partial charge on any atom is -0.497 e. The Bertz CT molecular complexity index is 951. The maximum Gasteiger partial charge on any atom is 0.335 e. The summed E-state index contributed by atoms with van der Waals surface area (Å²) >= 11 is 0. The monoisotopic (exact) mass is 369 g/mol. The summed E-state index contributed by atoms with van der Waals surface area (Å²) in [6, 6.07) is 8.77. The number of Topliss-reactive ketones (excluding diaryl/α,β-unsaturated/α-hetero) is 1. The van der Waals surface area contributed by atoms with Gasteiger partial charge in [-0.25, -0.2) is 9.18 Å². The molecule has 0 fully saturated rings. The molecule has 138 valence electrons. The number of hydrogen-bond donors (Lipinski definition) is 0. The molecule has 2 aromatic carbocycles. The van der Waals surface area contributed by atoms with Crippen LogP contribution in [0.2, 0.25) is 0 Å². The van der Waals surface area contributed by atoms with Crippen LogP contribution >= 0.6 is 0 Å². The van der Waals surface area contributed by atoms with Crippen molar-refractivity contribution in [3.05, 3.63) is 71.6 Å². The first-order chi connectivity index (χ1) is 12.9. The zero-order chi connectivity index (χ0) is 19.7. The largest absolute Gasteiger partial charge is 0.497 e. The smallest absolute Gasteiger partial charge is 0.335 e. The van der Waals surface area contributed by atoms with E-state index in [9.17, 15) is 18.8 Å². The lowest BCUT2D eigenvalue weighted by atomic mass is 9.97. The molecule has 0 aromatic heterocycles. The molecule has 3 rings (SSSR count). The standard InChI is InChI=1S/C20H16FNO5/c1-11(20(25)27-3)17(12-4-6-13(21)7-5-12)22-16-10-14(26-2)8-9-15(16)18(23)19(22)24/h4-10,17H,1H2,2-3H3/t17-/m1/s1. The molecule has 27 heavy (non-hydrogen) atoms. The van der Waals surface area contributed by atoms with E-state index >= 15 is 0 Å². The molecule has 1 amide bonds. The highest BCUT2D eigenvalue weighted by Crippen LogP contribution is 2.41. The molecule has 2 aromatic rings. The van der Waals surface area contributed by atoms with Gasteiger partial charge in [0, 0.05) is 6.07 Å². The van der Waals surface area contributed by atoms with Crippen LogP contribution in [0.1, 0.15) is 22.0 Å². The van der Waals surface area contributed by atoms with Crippen LogP contribution in [-0.4, -0.2) is 31.9 Å². The third kappa shape index (κ3) is 3.08. The summed E-state index contributed by atoms with van der Waals surface area (Å²) in [6.07, 6.45) is 0. The second-order valence-electron chi connectivity index (χ2n) is 5.86. The van der Waals surface area contributed by atoms with Gasteiger partial charge in [0.25, 0.3) is 11.7 Å². The first-order valence-electron chi connectivity index (χ1n) is 7.97. The molecular weight excluding hydrogens is 353 g/mol. The van der Waals surface area contributed by atoms with Crippen molar-refractivity contribution in [1.82, 2.24) is 0 Å². The Morgan fingerprint density at radius 2 is 1.78 bits per heavy atom. The van der Waals surface area contributed by atoms with Crippen LogP contribution in [-0.2, 0) is 14.3 Å². The Morgan fingerprint density at radius 1 is 1.11 bits per heavy atom. The summed E-state index contributed by atoms with van der Waals surface area (Å²) in [5.41, 5.74) is 0.804. The van der Waals surface area contributed by atoms with Crippen LogP contribution in [0.4, 0.5) is 10.1 Å². The lowest BCUT2D eigenvalue weighted by molar-refractivity contribution is -0.136. The van der Waals surface area contributed by atoms with Gasteiger partial charge >= 0.3 is 5.97 Å². The highest BCUT2D eigenvalue weighted by Gasteiger charge is 2.43. The summed E-state index contributed by atoms with van der Waals surface area (Å²) in [5.74, 6) is -2.33. The molecule has 0 radical (unpaired) electrons. The third-order valence-corrected chi connectivity index (χ3v) is 4.34. The van der Waals surface area contributed by atoms with E-state index in [1.807, 2.05) is 0 Å². The number of esters is 1. The van der Waals surface area contributed by atoms with Gasteiger partial charge in [-0.05, 0) is 29.8 Å². The summed E-state index contributed by atoms with van der Waals surface area (Å²) in [6.45, 7) is 3.74. The van der Waals surface area contributed by atoms with Crippen LogP contribution in [0.3, 0.4) is 0 Å². The van der Waals surface area contributed by atoms with Gasteiger partial charge in [-0.1, -0.05) is 18.7 Å². The SMILES string of the molecule is C=C(C(=O)OC)[C@H](c1ccc(F)cc1)N1C(=O)C(=O)c2ccc(OC)cc21. The number of anilines is 1. The van der Waals surface area contributed by atoms with Crippen LogP contribution in [0.15, 0.2) is 54.6 Å². The van der Waals surface area contributed by atoms with E-state index in [0.717, 1.165) is 4.90 Å². The second-order valence-corrected chi connectivity index (χ2v) is 5.86. The van der Waals surface area contributed by atoms with Crippen molar-refractivity contribution in [3.63, 3.8) is 0 Å². The maximum absolute atomic E-state index is 13.4. The number of nitrogens with zero attached hydrogens (tertiary/aromatic N) is 1. The molecule has 0 saturated heterocycles. The van der Waals surface area contributed by atoms with E-state index in [1.165, 1.54) is 50.6 Å². The number of rotatable bonds is 5. The van der Waals surface area contributed by atoms with E-state index in [0.29, 0.717) is 11.3 Å². The van der Waals surface area contributed by atoms with Crippen molar-refractivity contribution in [2.24, 2.45) is 0 Å². The van der Waals surface area contributed by atoms with Crippen molar-refractivity contribution in [3.8, 4) is 5.75 Å². The number of benzene rings is 2. The predicted molar refractivity (Wildman–Crippen MR) is 95.1 cm³/mol. The van der Waals surface area contributed by atoms with Crippen molar-refractivity contribution in [2.45, 2.75) is 6.04 Å². The van der Waals surface area contributed by atoms with Gasteiger partial charge in [0.05, 0.1) is 37.1 Å². The average Bonchev–Trinajstić information content (AvgIpc) is 2.93. The fraction of sp³-hybridized carbons (Fsp3) is 0.150. The Labute approximate surface area is 154 Å². The summed E-state index contributed by atoms with van der Waals surface area (Å²) in [7, 11) is 2.64. The van der Waals surface area contributed by atoms with Gasteiger partial charge < -0.3 is 9.47 Å². The molecule has 1 aliphatic heterocycles. The zero-order valence-corrected chi connectivity index (χ0v) is 14.7. The molecule has 1 aliphatic rings. The minimum atomic E-state index is -1.04. The quantitative estimate of drug-likeness (QED) is 0.460. The lowest BCUT2D eigenvalue weighted by Crippen LogP contribution is -2.36. The number of fused-ring (bicyclic) bond motifs is 1. The normalized spacial score (nSPS) is 14.0. The Balaban J connectivity index is 2.19. The van der Waals surface area contributed by atoms with Gasteiger partial charge in [-0.3, -0.25) is 14.5 Å². The summed E-state index contributed by atoms with van der Waals surface area (Å²) in [4.78, 5) is 38.4. The molecule has 0 N–H and O–H groups in total. The van der Waals surface area contributed by atoms with Gasteiger partial charge in [0.2, 0.25) is 0 Å². The molecule has 0 aliphatic carbocycles. The summed E-state index contributed by atoms with van der Waals surface area (Å²) < 4.78 is 23.3. The molecule has 0 spiro atoms. The van der Waals surface area contributed by atoms with E-state index in [2.05, 4.69) is 6.58 Å². The van der Waals surface area contributed by atoms with E-state index in [-0.39, 0.29) is 16.8 Å². The van der Waals surface area contributed by atoms with Crippen molar-refractivity contribution < 1.29 is 28.2 Å².